The van der Waals surface area contributed by atoms with Gasteiger partial charge < -0.3 is 20.3 Å². The van der Waals surface area contributed by atoms with Crippen LogP contribution in [0.15, 0.2) is 12.7 Å². The van der Waals surface area contributed by atoms with Gasteiger partial charge in [-0.15, -0.1) is 0 Å². The molecule has 8 nitrogen and oxygen atoms in total. The maximum atomic E-state index is 10.0. The third kappa shape index (κ3) is 2.23. The molecule has 2 aliphatic rings. The minimum absolute atomic E-state index is 0.101. The van der Waals surface area contributed by atoms with Crippen LogP contribution in [0.4, 0.5) is 5.82 Å². The summed E-state index contributed by atoms with van der Waals surface area (Å²) >= 11 is 0. The summed E-state index contributed by atoms with van der Waals surface area (Å²) in [7, 11) is 0. The number of hydrogen-bond donors (Lipinski definition) is 3. The lowest BCUT2D eigenvalue weighted by Crippen LogP contribution is -2.28. The molecule has 1 aliphatic carbocycles. The molecule has 1 saturated heterocycles. The lowest BCUT2D eigenvalue weighted by molar-refractivity contribution is -0.0162. The van der Waals surface area contributed by atoms with E-state index in [1.807, 2.05) is 0 Å². The maximum absolute atomic E-state index is 10.0. The largest absolute Gasteiger partial charge is 0.388 e. The van der Waals surface area contributed by atoms with E-state index < -0.39 is 18.4 Å². The molecule has 3 heterocycles. The van der Waals surface area contributed by atoms with Gasteiger partial charge in [-0.05, 0) is 12.8 Å². The Hall–Kier alpha value is -1.77. The van der Waals surface area contributed by atoms with Gasteiger partial charge in [0.25, 0.3) is 0 Å². The minimum Gasteiger partial charge on any atom is -0.388 e. The Bertz CT molecular complexity index is 670. The Morgan fingerprint density at radius 3 is 2.73 bits per heavy atom. The van der Waals surface area contributed by atoms with Gasteiger partial charge in [-0.25, -0.2) is 15.0 Å². The van der Waals surface area contributed by atoms with Crippen molar-refractivity contribution in [2.24, 2.45) is 0 Å². The molecule has 4 rings (SSSR count). The number of aliphatic hydroxyl groups is 2. The second-order valence-electron chi connectivity index (χ2n) is 5.95. The van der Waals surface area contributed by atoms with E-state index in [1.54, 1.807) is 10.9 Å². The number of nitrogens with one attached hydrogen (secondary N) is 1. The van der Waals surface area contributed by atoms with E-state index in [1.165, 1.54) is 19.2 Å². The van der Waals surface area contributed by atoms with Gasteiger partial charge in [-0.1, -0.05) is 12.8 Å². The van der Waals surface area contributed by atoms with Crippen molar-refractivity contribution < 1.29 is 14.9 Å². The molecule has 0 amide bonds. The Labute approximate surface area is 127 Å². The highest BCUT2D eigenvalue weighted by Gasteiger charge is 2.37. The Morgan fingerprint density at radius 1 is 1.18 bits per heavy atom. The number of aliphatic hydroxyl groups excluding tert-OH is 2. The first kappa shape index (κ1) is 13.9. The van der Waals surface area contributed by atoms with E-state index in [0.717, 1.165) is 12.8 Å². The topological polar surface area (TPSA) is 105 Å². The summed E-state index contributed by atoms with van der Waals surface area (Å²) in [5.41, 5.74) is 1.25. The van der Waals surface area contributed by atoms with Crippen molar-refractivity contribution >= 4 is 17.0 Å². The molecular formula is C14H19N5O3. The predicted octanol–water partition coefficient (Wildman–Crippen LogP) is 0.431. The van der Waals surface area contributed by atoms with Crippen LogP contribution in [0.3, 0.4) is 0 Å². The summed E-state index contributed by atoms with van der Waals surface area (Å²) in [5.74, 6) is 0.712. The molecule has 2 aromatic rings. The lowest BCUT2D eigenvalue weighted by atomic mass is 10.2. The monoisotopic (exact) mass is 305 g/mol. The van der Waals surface area contributed by atoms with Gasteiger partial charge in [0.1, 0.15) is 18.5 Å². The van der Waals surface area contributed by atoms with Crippen LogP contribution in [-0.2, 0) is 4.74 Å². The van der Waals surface area contributed by atoms with E-state index >= 15 is 0 Å². The number of anilines is 1. The van der Waals surface area contributed by atoms with Gasteiger partial charge in [0.15, 0.2) is 23.2 Å². The standard InChI is InChI=1S/C14H19N5O3/c20-9-5-22-14(11(9)21)19-7-17-10-12(15-6-16-13(10)19)18-8-3-1-2-4-8/h6-9,11,14,20-21H,1-5H2,(H,15,16,18)/t9-,11+,14+/m0/s1. The number of imidazole rings is 1. The second kappa shape index (κ2) is 5.45. The zero-order chi connectivity index (χ0) is 15.1. The van der Waals surface area contributed by atoms with Crippen LogP contribution in [0.25, 0.3) is 11.2 Å². The Morgan fingerprint density at radius 2 is 2.00 bits per heavy atom. The smallest absolute Gasteiger partial charge is 0.167 e. The fourth-order valence-corrected chi connectivity index (χ4v) is 3.24. The minimum atomic E-state index is -0.987. The Balaban J connectivity index is 1.67. The molecule has 3 N–H and O–H groups in total. The molecule has 0 spiro atoms. The van der Waals surface area contributed by atoms with E-state index in [-0.39, 0.29) is 6.61 Å². The number of aromatic nitrogens is 4. The van der Waals surface area contributed by atoms with Gasteiger partial charge in [0, 0.05) is 6.04 Å². The molecular weight excluding hydrogens is 286 g/mol. The van der Waals surface area contributed by atoms with Crippen LogP contribution in [0.1, 0.15) is 31.9 Å². The number of ether oxygens (including phenoxy) is 1. The van der Waals surface area contributed by atoms with Crippen molar-refractivity contribution in [1.29, 1.82) is 0 Å². The van der Waals surface area contributed by atoms with Crippen molar-refractivity contribution in [2.45, 2.75) is 50.2 Å². The summed E-state index contributed by atoms with van der Waals surface area (Å²) in [6, 6.07) is 0.429. The second-order valence-corrected chi connectivity index (χ2v) is 5.95. The molecule has 3 atom stereocenters. The molecule has 0 unspecified atom stereocenters. The average Bonchev–Trinajstić information content (AvgIpc) is 3.23. The summed E-state index contributed by atoms with van der Waals surface area (Å²) in [5, 5.41) is 23.1. The highest BCUT2D eigenvalue weighted by atomic mass is 16.5. The van der Waals surface area contributed by atoms with Crippen LogP contribution in [0.5, 0.6) is 0 Å². The quantitative estimate of drug-likeness (QED) is 0.755. The number of nitrogens with zero attached hydrogens (tertiary/aromatic N) is 4. The number of rotatable bonds is 3. The first-order valence-corrected chi connectivity index (χ1v) is 7.66. The van der Waals surface area contributed by atoms with Crippen molar-refractivity contribution in [2.75, 3.05) is 11.9 Å². The van der Waals surface area contributed by atoms with Crippen LogP contribution < -0.4 is 5.32 Å². The molecule has 8 heteroatoms. The van der Waals surface area contributed by atoms with Gasteiger partial charge >= 0.3 is 0 Å². The summed E-state index contributed by atoms with van der Waals surface area (Å²) in [6.45, 7) is 0.101. The molecule has 2 fully saturated rings. The first-order valence-electron chi connectivity index (χ1n) is 7.66. The van der Waals surface area contributed by atoms with E-state index in [2.05, 4.69) is 20.3 Å². The normalized spacial score (nSPS) is 29.5. The fraction of sp³-hybridized carbons (Fsp3) is 0.643. The van der Waals surface area contributed by atoms with Crippen LogP contribution in [0, 0.1) is 0 Å². The number of fused-ring (bicyclic) bond motifs is 1. The van der Waals surface area contributed by atoms with Crippen LogP contribution >= 0.6 is 0 Å². The van der Waals surface area contributed by atoms with Crippen molar-refractivity contribution in [3.8, 4) is 0 Å². The molecule has 22 heavy (non-hydrogen) atoms. The molecule has 1 saturated carbocycles. The fourth-order valence-electron chi connectivity index (χ4n) is 3.24. The predicted molar refractivity (Wildman–Crippen MR) is 78.2 cm³/mol. The third-order valence-electron chi connectivity index (χ3n) is 4.45. The highest BCUT2D eigenvalue weighted by molar-refractivity contribution is 5.82. The summed E-state index contributed by atoms with van der Waals surface area (Å²) in [4.78, 5) is 12.9. The Kier molecular flexibility index (Phi) is 3.44. The van der Waals surface area contributed by atoms with E-state index in [4.69, 9.17) is 4.74 Å². The molecule has 2 aromatic heterocycles. The average molecular weight is 305 g/mol. The molecule has 0 radical (unpaired) electrons. The third-order valence-corrected chi connectivity index (χ3v) is 4.45. The van der Waals surface area contributed by atoms with Crippen molar-refractivity contribution in [3.05, 3.63) is 12.7 Å². The van der Waals surface area contributed by atoms with E-state index in [9.17, 15) is 10.2 Å². The van der Waals surface area contributed by atoms with Crippen molar-refractivity contribution in [3.63, 3.8) is 0 Å². The molecule has 1 aliphatic heterocycles. The van der Waals surface area contributed by atoms with Gasteiger partial charge in [0.05, 0.1) is 12.9 Å². The molecule has 0 aromatic carbocycles. The number of hydrogen-bond acceptors (Lipinski definition) is 7. The van der Waals surface area contributed by atoms with Crippen LogP contribution in [-0.4, -0.2) is 54.6 Å². The molecule has 0 bridgehead atoms. The van der Waals surface area contributed by atoms with Gasteiger partial charge in [-0.2, -0.15) is 0 Å². The van der Waals surface area contributed by atoms with E-state index in [0.29, 0.717) is 23.0 Å². The maximum Gasteiger partial charge on any atom is 0.167 e. The molecule has 118 valence electrons. The first-order chi connectivity index (χ1) is 10.7. The van der Waals surface area contributed by atoms with Crippen molar-refractivity contribution in [1.82, 2.24) is 19.5 Å². The SMILES string of the molecule is O[C@H]1[C@H](n2cnc3c(NC4CCCC4)ncnc32)OC[C@@H]1O. The summed E-state index contributed by atoms with van der Waals surface area (Å²) in [6.07, 6.45) is 5.26. The van der Waals surface area contributed by atoms with Gasteiger partial charge in [-0.3, -0.25) is 4.57 Å². The van der Waals surface area contributed by atoms with Crippen LogP contribution in [0.2, 0.25) is 0 Å². The zero-order valence-electron chi connectivity index (χ0n) is 12.1. The zero-order valence-corrected chi connectivity index (χ0v) is 12.1. The highest BCUT2D eigenvalue weighted by Crippen LogP contribution is 2.29. The summed E-state index contributed by atoms with van der Waals surface area (Å²) < 4.78 is 7.10. The lowest BCUT2D eigenvalue weighted by Gasteiger charge is -2.17. The van der Waals surface area contributed by atoms with Gasteiger partial charge in [0.2, 0.25) is 0 Å².